The number of aromatic amines is 1. The smallest absolute Gasteiger partial charge is 0.420 e. The number of carboxylic acids is 1. The molecule has 1 heterocycles. The Kier molecular flexibility index (Phi) is 6.54. The summed E-state index contributed by atoms with van der Waals surface area (Å²) in [6, 6.07) is 4.40. The van der Waals surface area contributed by atoms with Gasteiger partial charge >= 0.3 is 24.2 Å². The third-order valence-corrected chi connectivity index (χ3v) is 5.20. The average molecular weight is 488 g/mol. The minimum atomic E-state index is -5.32. The Morgan fingerprint density at radius 3 is 2.15 bits per heavy atom. The maximum atomic E-state index is 13.7. The molecule has 1 amide bonds. The van der Waals surface area contributed by atoms with Crippen LogP contribution in [0.25, 0.3) is 10.9 Å². The molecule has 0 spiro atoms. The topological polar surface area (TPSA) is 91.4 Å². The molecular formula is C22H18F6N2O4. The number of aliphatic carboxylic acids is 1. The lowest BCUT2D eigenvalue weighted by Gasteiger charge is -2.21. The number of hydrogen-bond donors (Lipinski definition) is 3. The van der Waals surface area contributed by atoms with Crippen LogP contribution in [-0.2, 0) is 21.9 Å². The molecule has 0 bridgehead atoms. The molecule has 1 atom stereocenters. The lowest BCUT2D eigenvalue weighted by Crippen LogP contribution is -2.23. The number of anilines is 1. The van der Waals surface area contributed by atoms with Crippen molar-refractivity contribution in [3.8, 4) is 11.5 Å². The van der Waals surface area contributed by atoms with Gasteiger partial charge in [-0.25, -0.2) is 4.79 Å². The van der Waals surface area contributed by atoms with Gasteiger partial charge in [-0.15, -0.1) is 0 Å². The fraction of sp³-hybridized carbons (Fsp3) is 0.273. The predicted molar refractivity (Wildman–Crippen MR) is 110 cm³/mol. The van der Waals surface area contributed by atoms with Crippen molar-refractivity contribution >= 4 is 28.5 Å². The summed E-state index contributed by atoms with van der Waals surface area (Å²) in [5.74, 6) is -5.61. The van der Waals surface area contributed by atoms with Crippen molar-refractivity contribution in [2.45, 2.75) is 38.5 Å². The van der Waals surface area contributed by atoms with Crippen LogP contribution in [0.15, 0.2) is 36.5 Å². The second-order valence-electron chi connectivity index (χ2n) is 7.52. The molecule has 2 aromatic carbocycles. The highest BCUT2D eigenvalue weighted by molar-refractivity contribution is 6.36. The zero-order chi connectivity index (χ0) is 25.4. The Labute approximate surface area is 188 Å². The van der Waals surface area contributed by atoms with Crippen molar-refractivity contribution in [1.82, 2.24) is 4.98 Å². The van der Waals surface area contributed by atoms with E-state index in [0.29, 0.717) is 10.9 Å². The number of rotatable bonds is 5. The number of benzene rings is 2. The first-order valence-electron chi connectivity index (χ1n) is 9.88. The third kappa shape index (κ3) is 5.10. The van der Waals surface area contributed by atoms with Crippen LogP contribution in [0.2, 0.25) is 0 Å². The minimum absolute atomic E-state index is 0.0672. The van der Waals surface area contributed by atoms with Gasteiger partial charge in [0.25, 0.3) is 0 Å². The molecule has 182 valence electrons. The normalized spacial score (nSPS) is 13.1. The van der Waals surface area contributed by atoms with Gasteiger partial charge in [-0.3, -0.25) is 4.79 Å². The molecule has 1 unspecified atom stereocenters. The highest BCUT2D eigenvalue weighted by Crippen LogP contribution is 2.47. The van der Waals surface area contributed by atoms with E-state index in [0.717, 1.165) is 12.0 Å². The number of ether oxygens (including phenoxy) is 1. The first-order valence-corrected chi connectivity index (χ1v) is 9.88. The standard InChI is InChI=1S/C22H18F6N2O4/c1-3-10(2)14-9-29-17-5-4-12(8-13(14)17)34-18-15(21(23,24)25)6-11(30-19(31)20(32)33)7-16(18)22(26,27)28/h4-10,29H,3H2,1-2H3,(H,30,31)(H,32,33). The second-order valence-corrected chi connectivity index (χ2v) is 7.52. The molecule has 12 heteroatoms. The average Bonchev–Trinajstić information content (AvgIpc) is 3.15. The second kappa shape index (κ2) is 8.92. The summed E-state index contributed by atoms with van der Waals surface area (Å²) in [5.41, 5.74) is -3.22. The zero-order valence-corrected chi connectivity index (χ0v) is 17.7. The Hall–Kier alpha value is -3.70. The number of carboxylic acid groups (broad SMARTS) is 1. The first-order chi connectivity index (χ1) is 15.7. The summed E-state index contributed by atoms with van der Waals surface area (Å²) in [7, 11) is 0. The highest BCUT2D eigenvalue weighted by atomic mass is 19.4. The van der Waals surface area contributed by atoms with Gasteiger partial charge in [-0.1, -0.05) is 13.8 Å². The Morgan fingerprint density at radius 1 is 1.06 bits per heavy atom. The predicted octanol–water partition coefficient (Wildman–Crippen LogP) is 6.53. The molecule has 6 nitrogen and oxygen atoms in total. The molecule has 3 aromatic rings. The maximum Gasteiger partial charge on any atom is 0.420 e. The fourth-order valence-corrected chi connectivity index (χ4v) is 3.35. The van der Waals surface area contributed by atoms with Crippen LogP contribution in [0.4, 0.5) is 32.0 Å². The van der Waals surface area contributed by atoms with E-state index >= 15 is 0 Å². The molecule has 34 heavy (non-hydrogen) atoms. The molecule has 0 fully saturated rings. The number of H-pyrrole nitrogens is 1. The molecule has 0 aliphatic carbocycles. The van der Waals surface area contributed by atoms with Gasteiger partial charge in [0.05, 0.1) is 0 Å². The van der Waals surface area contributed by atoms with E-state index in [1.807, 2.05) is 13.8 Å². The van der Waals surface area contributed by atoms with Crippen molar-refractivity contribution < 1.29 is 45.8 Å². The van der Waals surface area contributed by atoms with Crippen LogP contribution in [-0.4, -0.2) is 22.0 Å². The van der Waals surface area contributed by atoms with E-state index in [4.69, 9.17) is 9.84 Å². The van der Waals surface area contributed by atoms with Crippen LogP contribution < -0.4 is 10.1 Å². The quantitative estimate of drug-likeness (QED) is 0.281. The highest BCUT2D eigenvalue weighted by Gasteiger charge is 2.43. The number of fused-ring (bicyclic) bond motifs is 1. The SMILES string of the molecule is CCC(C)c1c[nH]c2ccc(Oc3c(C(F)(F)F)cc(NC(=O)C(=O)O)cc3C(F)(F)F)cc12. The van der Waals surface area contributed by atoms with Gasteiger partial charge in [-0.05, 0) is 48.2 Å². The summed E-state index contributed by atoms with van der Waals surface area (Å²) < 4.78 is 87.6. The molecule has 3 rings (SSSR count). The minimum Gasteiger partial charge on any atom is -0.474 e. The van der Waals surface area contributed by atoms with Gasteiger partial charge in [0.15, 0.2) is 5.75 Å². The van der Waals surface area contributed by atoms with Crippen LogP contribution in [0.5, 0.6) is 11.5 Å². The number of carbonyl (C=O) groups is 2. The third-order valence-electron chi connectivity index (χ3n) is 5.20. The van der Waals surface area contributed by atoms with Crippen molar-refractivity contribution in [3.63, 3.8) is 0 Å². The molecule has 0 saturated carbocycles. The van der Waals surface area contributed by atoms with E-state index in [1.165, 1.54) is 23.5 Å². The van der Waals surface area contributed by atoms with E-state index in [2.05, 4.69) is 4.98 Å². The summed E-state index contributed by atoms with van der Waals surface area (Å²) in [5, 5.41) is 10.7. The number of halogens is 6. The largest absolute Gasteiger partial charge is 0.474 e. The van der Waals surface area contributed by atoms with E-state index in [-0.39, 0.29) is 23.8 Å². The van der Waals surface area contributed by atoms with E-state index in [1.54, 1.807) is 6.20 Å². The number of amides is 1. The number of nitrogens with one attached hydrogen (secondary N) is 2. The lowest BCUT2D eigenvalue weighted by atomic mass is 9.98. The Balaban J connectivity index is 2.18. The van der Waals surface area contributed by atoms with Crippen LogP contribution in [0.1, 0.15) is 42.9 Å². The zero-order valence-electron chi connectivity index (χ0n) is 17.7. The number of alkyl halides is 6. The maximum absolute atomic E-state index is 13.7. The summed E-state index contributed by atoms with van der Waals surface area (Å²) in [6.45, 7) is 3.85. The molecule has 0 saturated heterocycles. The number of aromatic nitrogens is 1. The van der Waals surface area contributed by atoms with Gasteiger partial charge in [-0.2, -0.15) is 26.3 Å². The van der Waals surface area contributed by atoms with E-state index < -0.39 is 46.8 Å². The first kappa shape index (κ1) is 24.9. The van der Waals surface area contributed by atoms with Crippen LogP contribution in [0, 0.1) is 0 Å². The number of carbonyl (C=O) groups excluding carboxylic acids is 1. The summed E-state index contributed by atoms with van der Waals surface area (Å²) in [6.07, 6.45) is -8.18. The molecule has 0 radical (unpaired) electrons. The monoisotopic (exact) mass is 488 g/mol. The van der Waals surface area contributed by atoms with Crippen molar-refractivity contribution in [2.24, 2.45) is 0 Å². The number of hydrogen-bond acceptors (Lipinski definition) is 3. The van der Waals surface area contributed by atoms with Crippen LogP contribution in [0.3, 0.4) is 0 Å². The van der Waals surface area contributed by atoms with E-state index in [9.17, 15) is 35.9 Å². The van der Waals surface area contributed by atoms with Gasteiger partial charge in [0.1, 0.15) is 16.9 Å². The Bertz CT molecular complexity index is 1210. The fourth-order valence-electron chi connectivity index (χ4n) is 3.35. The van der Waals surface area contributed by atoms with Gasteiger partial charge in [0.2, 0.25) is 0 Å². The van der Waals surface area contributed by atoms with Gasteiger partial charge in [0, 0.05) is 22.8 Å². The molecule has 1 aromatic heterocycles. The summed E-state index contributed by atoms with van der Waals surface area (Å²) >= 11 is 0. The lowest BCUT2D eigenvalue weighted by molar-refractivity contribution is -0.147. The molecule has 0 aliphatic rings. The summed E-state index contributed by atoms with van der Waals surface area (Å²) in [4.78, 5) is 25.0. The van der Waals surface area contributed by atoms with Gasteiger partial charge < -0.3 is 20.1 Å². The van der Waals surface area contributed by atoms with Crippen molar-refractivity contribution in [1.29, 1.82) is 0 Å². The van der Waals surface area contributed by atoms with Crippen LogP contribution >= 0.6 is 0 Å². The molecular weight excluding hydrogens is 470 g/mol. The molecule has 0 aliphatic heterocycles. The van der Waals surface area contributed by atoms with Crippen molar-refractivity contribution in [2.75, 3.05) is 5.32 Å². The van der Waals surface area contributed by atoms with Crippen molar-refractivity contribution in [3.05, 3.63) is 53.2 Å². The molecule has 3 N–H and O–H groups in total. The Morgan fingerprint density at radius 2 is 1.65 bits per heavy atom.